The Labute approximate surface area is 162 Å². The highest BCUT2D eigenvalue weighted by atomic mass is 16.5. The Kier molecular flexibility index (Phi) is 3.70. The third kappa shape index (κ3) is 2.36. The number of carbonyl (C=O) groups excluding carboxylic acids is 1. The molecule has 0 unspecified atom stereocenters. The molecule has 4 aliphatic rings. The molecule has 4 aliphatic carbocycles. The molecule has 6 atom stereocenters. The zero-order chi connectivity index (χ0) is 19.7. The third-order valence-corrected chi connectivity index (χ3v) is 7.14. The largest absolute Gasteiger partial charge is 0.476 e. The number of carboxylic acid groups (broad SMARTS) is 1. The predicted molar refractivity (Wildman–Crippen MR) is 98.3 cm³/mol. The summed E-state index contributed by atoms with van der Waals surface area (Å²) in [6.45, 7) is 6.68. The molecule has 28 heavy (non-hydrogen) atoms. The molecule has 8 nitrogen and oxygen atoms in total. The van der Waals surface area contributed by atoms with E-state index in [0.717, 1.165) is 47.4 Å². The van der Waals surface area contributed by atoms with Gasteiger partial charge in [0.2, 0.25) is 0 Å². The van der Waals surface area contributed by atoms with Gasteiger partial charge < -0.3 is 9.84 Å². The van der Waals surface area contributed by atoms with Gasteiger partial charge in [0.15, 0.2) is 11.4 Å². The number of rotatable bonds is 3. The molecule has 8 heteroatoms. The Balaban J connectivity index is 0.000000123. The SMILES string of the molecule is CCOC(=O)c1n[nH]c2c1C[C@H]1[C@@H](C)[C@@H]21.C[C@@H]1[C@@H]2Cc3c(C(=O)O)n[nH]c3[C@H]12. The second-order valence-electron chi connectivity index (χ2n) is 8.46. The van der Waals surface area contributed by atoms with Gasteiger partial charge in [0.1, 0.15) is 0 Å². The van der Waals surface area contributed by atoms with E-state index < -0.39 is 5.97 Å². The predicted octanol–water partition coefficient (Wildman–Crippen LogP) is 2.51. The summed E-state index contributed by atoms with van der Waals surface area (Å²) in [5.74, 6) is 2.88. The number of aromatic nitrogens is 4. The molecule has 2 fully saturated rings. The van der Waals surface area contributed by atoms with Crippen LogP contribution in [0.1, 0.15) is 76.1 Å². The zero-order valence-corrected chi connectivity index (χ0v) is 16.2. The van der Waals surface area contributed by atoms with Gasteiger partial charge in [-0.3, -0.25) is 10.2 Å². The monoisotopic (exact) mass is 384 g/mol. The summed E-state index contributed by atoms with van der Waals surface area (Å²) in [7, 11) is 0. The molecule has 2 heterocycles. The van der Waals surface area contributed by atoms with Gasteiger partial charge in [-0.1, -0.05) is 13.8 Å². The summed E-state index contributed by atoms with van der Waals surface area (Å²) in [5.41, 5.74) is 5.04. The van der Waals surface area contributed by atoms with Crippen molar-refractivity contribution < 1.29 is 19.4 Å². The van der Waals surface area contributed by atoms with Gasteiger partial charge in [-0.2, -0.15) is 10.2 Å². The number of ether oxygens (including phenoxy) is 1. The molecule has 6 rings (SSSR count). The summed E-state index contributed by atoms with van der Waals surface area (Å²) in [6.07, 6.45) is 1.89. The number of carbonyl (C=O) groups is 2. The first kappa shape index (κ1) is 17.5. The van der Waals surface area contributed by atoms with Crippen LogP contribution in [0.3, 0.4) is 0 Å². The molecule has 2 saturated carbocycles. The maximum atomic E-state index is 11.6. The molecule has 3 N–H and O–H groups in total. The van der Waals surface area contributed by atoms with Crippen LogP contribution >= 0.6 is 0 Å². The van der Waals surface area contributed by atoms with Gasteiger partial charge in [0.25, 0.3) is 0 Å². The molecular weight excluding hydrogens is 360 g/mol. The Morgan fingerprint density at radius 2 is 1.50 bits per heavy atom. The van der Waals surface area contributed by atoms with Crippen molar-refractivity contribution in [3.05, 3.63) is 33.9 Å². The van der Waals surface area contributed by atoms with Crippen LogP contribution in [0.2, 0.25) is 0 Å². The van der Waals surface area contributed by atoms with Gasteiger partial charge in [0.05, 0.1) is 6.61 Å². The lowest BCUT2D eigenvalue weighted by atomic mass is 10.1. The van der Waals surface area contributed by atoms with Gasteiger partial charge in [0, 0.05) is 34.4 Å². The minimum Gasteiger partial charge on any atom is -0.476 e. The first-order valence-electron chi connectivity index (χ1n) is 9.98. The average Bonchev–Trinajstić information content (AvgIpc) is 3.15. The highest BCUT2D eigenvalue weighted by Crippen LogP contribution is 2.61. The van der Waals surface area contributed by atoms with Crippen molar-refractivity contribution in [2.24, 2.45) is 23.7 Å². The number of aromatic carboxylic acids is 1. The number of nitrogens with one attached hydrogen (secondary N) is 2. The molecule has 2 aromatic rings. The van der Waals surface area contributed by atoms with E-state index in [1.54, 1.807) is 0 Å². The van der Waals surface area contributed by atoms with E-state index in [9.17, 15) is 9.59 Å². The van der Waals surface area contributed by atoms with Gasteiger partial charge in [-0.25, -0.2) is 9.59 Å². The Bertz CT molecular complexity index is 977. The minimum atomic E-state index is -0.911. The van der Waals surface area contributed by atoms with Crippen LogP contribution in [0.15, 0.2) is 0 Å². The quantitative estimate of drug-likeness (QED) is 0.699. The molecule has 0 saturated heterocycles. The topological polar surface area (TPSA) is 121 Å². The van der Waals surface area contributed by atoms with E-state index in [1.807, 2.05) is 6.92 Å². The van der Waals surface area contributed by atoms with Crippen LogP contribution in [0.25, 0.3) is 0 Å². The van der Waals surface area contributed by atoms with Gasteiger partial charge >= 0.3 is 11.9 Å². The maximum absolute atomic E-state index is 11.6. The van der Waals surface area contributed by atoms with E-state index in [1.165, 1.54) is 5.69 Å². The third-order valence-electron chi connectivity index (χ3n) is 7.14. The van der Waals surface area contributed by atoms with Crippen molar-refractivity contribution in [2.45, 2.75) is 45.4 Å². The number of nitrogens with zero attached hydrogens (tertiary/aromatic N) is 2. The summed E-state index contributed by atoms with van der Waals surface area (Å²) >= 11 is 0. The fourth-order valence-corrected chi connectivity index (χ4v) is 5.41. The van der Waals surface area contributed by atoms with Gasteiger partial charge in [-0.05, 0) is 43.4 Å². The number of hydrogen-bond acceptors (Lipinski definition) is 5. The molecule has 2 aromatic heterocycles. The van der Waals surface area contributed by atoms with Crippen molar-refractivity contribution in [3.63, 3.8) is 0 Å². The Morgan fingerprint density at radius 3 is 2.00 bits per heavy atom. The molecular formula is C20H24N4O4. The Hall–Kier alpha value is -2.64. The number of hydrogen-bond donors (Lipinski definition) is 3. The van der Waals surface area contributed by atoms with E-state index in [4.69, 9.17) is 9.84 Å². The Morgan fingerprint density at radius 1 is 1.00 bits per heavy atom. The highest BCUT2D eigenvalue weighted by Gasteiger charge is 2.56. The van der Waals surface area contributed by atoms with Crippen molar-refractivity contribution >= 4 is 11.9 Å². The molecule has 0 aliphatic heterocycles. The summed E-state index contributed by atoms with van der Waals surface area (Å²) in [5, 5.41) is 22.6. The van der Waals surface area contributed by atoms with E-state index >= 15 is 0 Å². The zero-order valence-electron chi connectivity index (χ0n) is 16.2. The smallest absolute Gasteiger partial charge is 0.359 e. The minimum absolute atomic E-state index is 0.231. The second-order valence-corrected chi connectivity index (χ2v) is 8.46. The number of fused-ring (bicyclic) bond motifs is 6. The molecule has 148 valence electrons. The molecule has 0 bridgehead atoms. The average molecular weight is 384 g/mol. The number of H-pyrrole nitrogens is 2. The van der Waals surface area contributed by atoms with Crippen LogP contribution in [0.4, 0.5) is 0 Å². The van der Waals surface area contributed by atoms with E-state index in [0.29, 0.717) is 30.1 Å². The first-order chi connectivity index (χ1) is 13.4. The summed E-state index contributed by atoms with van der Waals surface area (Å²) in [6, 6.07) is 0. The summed E-state index contributed by atoms with van der Waals surface area (Å²) in [4.78, 5) is 22.3. The lowest BCUT2D eigenvalue weighted by molar-refractivity contribution is 0.0517. The fraction of sp³-hybridized carbons (Fsp3) is 0.600. The van der Waals surface area contributed by atoms with Crippen molar-refractivity contribution in [2.75, 3.05) is 6.61 Å². The number of carboxylic acids is 1. The molecule has 0 aromatic carbocycles. The van der Waals surface area contributed by atoms with Crippen LogP contribution in [-0.4, -0.2) is 44.0 Å². The van der Waals surface area contributed by atoms with Crippen molar-refractivity contribution in [3.8, 4) is 0 Å². The lowest BCUT2D eigenvalue weighted by Gasteiger charge is -2.01. The molecule has 0 spiro atoms. The number of aromatic amines is 2. The van der Waals surface area contributed by atoms with Gasteiger partial charge in [-0.15, -0.1) is 0 Å². The van der Waals surface area contributed by atoms with Crippen LogP contribution in [0, 0.1) is 23.7 Å². The van der Waals surface area contributed by atoms with Crippen LogP contribution in [-0.2, 0) is 17.6 Å². The van der Waals surface area contributed by atoms with E-state index in [2.05, 4.69) is 34.2 Å². The van der Waals surface area contributed by atoms with Crippen molar-refractivity contribution in [1.82, 2.24) is 20.4 Å². The maximum Gasteiger partial charge on any atom is 0.359 e. The molecule has 0 amide bonds. The molecule has 0 radical (unpaired) electrons. The van der Waals surface area contributed by atoms with E-state index in [-0.39, 0.29) is 11.7 Å². The fourth-order valence-electron chi connectivity index (χ4n) is 5.41. The first-order valence-corrected chi connectivity index (χ1v) is 9.98. The lowest BCUT2D eigenvalue weighted by Crippen LogP contribution is -2.08. The van der Waals surface area contributed by atoms with Crippen LogP contribution in [0.5, 0.6) is 0 Å². The summed E-state index contributed by atoms with van der Waals surface area (Å²) < 4.78 is 4.97. The number of esters is 1. The standard InChI is InChI=1S/C11H14N2O2.C9H10N2O2/c1-3-15-11(14)10-7-4-6-5(2)8(6)9(7)12-13-10;1-3-4-2-5-7(6(3)4)10-11-8(5)9(12)13/h5-6,8H,3-4H2,1-2H3,(H,12,13);3-4,6H,2H2,1H3,(H,10,11)(H,12,13)/t5-,6+,8-;3-,4+,6-/m11/s1. The highest BCUT2D eigenvalue weighted by molar-refractivity contribution is 5.89. The normalized spacial score (nSPS) is 32.4. The second kappa shape index (κ2) is 5.93. The van der Waals surface area contributed by atoms with Crippen LogP contribution < -0.4 is 0 Å². The van der Waals surface area contributed by atoms with Crippen molar-refractivity contribution in [1.29, 1.82) is 0 Å².